The van der Waals surface area contributed by atoms with Crippen LogP contribution in [0.5, 0.6) is 0 Å². The van der Waals surface area contributed by atoms with Crippen LogP contribution in [0.3, 0.4) is 0 Å². The third kappa shape index (κ3) is 5.14. The number of benzene rings is 4. The Balaban J connectivity index is 0.00000316. The molecule has 0 saturated carbocycles. The first-order chi connectivity index (χ1) is 19.9. The minimum absolute atomic E-state index is 0. The van der Waals surface area contributed by atoms with Crippen molar-refractivity contribution < 1.29 is 21.1 Å². The second-order valence-electron chi connectivity index (χ2n) is 11.5. The molecule has 0 saturated heterocycles. The monoisotopic (exact) mass is 746 g/mol. The average molecular weight is 747 g/mol. The van der Waals surface area contributed by atoms with Crippen molar-refractivity contribution in [3.05, 3.63) is 127 Å². The van der Waals surface area contributed by atoms with Crippen LogP contribution < -0.4 is 9.80 Å². The predicted molar refractivity (Wildman–Crippen MR) is 172 cm³/mol. The van der Waals surface area contributed by atoms with Gasteiger partial charge in [-0.1, -0.05) is 62.7 Å². The van der Waals surface area contributed by atoms with Crippen molar-refractivity contribution in [3.63, 3.8) is 0 Å². The Labute approximate surface area is 266 Å². The zero-order valence-corrected chi connectivity index (χ0v) is 27.1. The molecule has 7 rings (SSSR count). The van der Waals surface area contributed by atoms with Crippen LogP contribution >= 0.6 is 11.8 Å². The van der Waals surface area contributed by atoms with Gasteiger partial charge in [-0.3, -0.25) is 0 Å². The third-order valence-electron chi connectivity index (χ3n) is 7.66. The van der Waals surface area contributed by atoms with Gasteiger partial charge in [0.05, 0.1) is 0 Å². The molecule has 0 atom stereocenters. The molecule has 1 aliphatic rings. The van der Waals surface area contributed by atoms with Crippen LogP contribution in [0.25, 0.3) is 27.6 Å². The first-order valence-electron chi connectivity index (χ1n) is 13.9. The van der Waals surface area contributed by atoms with Gasteiger partial charge in [0, 0.05) is 44.2 Å². The number of fused-ring (bicyclic) bond motifs is 4. The number of aromatic nitrogens is 2. The summed E-state index contributed by atoms with van der Waals surface area (Å²) >= 11 is 1.80. The van der Waals surface area contributed by atoms with Crippen LogP contribution in [0, 0.1) is 18.8 Å². The van der Waals surface area contributed by atoms with Crippen LogP contribution in [-0.4, -0.2) is 16.6 Å². The van der Waals surface area contributed by atoms with E-state index in [0.717, 1.165) is 33.2 Å². The summed E-state index contributed by atoms with van der Waals surface area (Å²) in [7, 11) is 2.10. The molecule has 0 unspecified atom stereocenters. The fraction of sp³-hybridized carbons (Fsp3) is 0.167. The van der Waals surface area contributed by atoms with Gasteiger partial charge in [0.2, 0.25) is 0 Å². The maximum Gasteiger partial charge on any atom is 0.135 e. The number of nitrogens with zero attached hydrogens (tertiary/aromatic N) is 4. The van der Waals surface area contributed by atoms with Gasteiger partial charge in [-0.25, -0.2) is 4.98 Å². The zero-order valence-electron chi connectivity index (χ0n) is 24.0. The van der Waals surface area contributed by atoms with Gasteiger partial charge in [0.1, 0.15) is 5.82 Å². The van der Waals surface area contributed by atoms with Gasteiger partial charge in [-0.15, -0.1) is 33.7 Å². The normalized spacial score (nSPS) is 13.0. The number of rotatable bonds is 5. The summed E-state index contributed by atoms with van der Waals surface area (Å²) in [5.41, 5.74) is 8.13. The molecule has 1 aliphatic heterocycles. The SMILES string of the molecule is CN1[CH-]N(c2[c-]c(CSc3[c-]c4c(cc3)c3ccccc3n4-c3ccccn3)cc(C(C)(C)C)c2)c2ccccc21.[Pt]. The summed E-state index contributed by atoms with van der Waals surface area (Å²) in [6, 6.07) is 39.6. The van der Waals surface area contributed by atoms with Crippen LogP contribution in [0.1, 0.15) is 31.9 Å². The number of thioether (sulfide) groups is 1. The van der Waals surface area contributed by atoms with Crippen molar-refractivity contribution in [1.29, 1.82) is 0 Å². The predicted octanol–water partition coefficient (Wildman–Crippen LogP) is 9.07. The number of anilines is 3. The van der Waals surface area contributed by atoms with Crippen LogP contribution in [0.2, 0.25) is 0 Å². The van der Waals surface area contributed by atoms with Gasteiger partial charge in [-0.2, -0.15) is 48.3 Å². The molecule has 4 aromatic carbocycles. The Morgan fingerprint density at radius 2 is 1.60 bits per heavy atom. The number of hydrogen-bond donors (Lipinski definition) is 0. The molecule has 0 bridgehead atoms. The number of pyridine rings is 1. The van der Waals surface area contributed by atoms with E-state index in [2.05, 4.69) is 145 Å². The number of para-hydroxylation sites is 3. The molecule has 42 heavy (non-hydrogen) atoms. The Morgan fingerprint density at radius 3 is 2.38 bits per heavy atom. The van der Waals surface area contributed by atoms with Gasteiger partial charge in [0.25, 0.3) is 0 Å². The Bertz CT molecular complexity index is 1890. The summed E-state index contributed by atoms with van der Waals surface area (Å²) in [6.07, 6.45) is 1.85. The third-order valence-corrected chi connectivity index (χ3v) is 8.67. The molecule has 0 fully saturated rings. The van der Waals surface area contributed by atoms with Crippen molar-refractivity contribution in [2.75, 3.05) is 16.8 Å². The number of hydrogen-bond acceptors (Lipinski definition) is 4. The van der Waals surface area contributed by atoms with E-state index in [9.17, 15) is 0 Å². The molecule has 6 aromatic rings. The molecule has 2 aromatic heterocycles. The molecule has 0 radical (unpaired) electrons. The van der Waals surface area contributed by atoms with Gasteiger partial charge < -0.3 is 14.4 Å². The first-order valence-corrected chi connectivity index (χ1v) is 14.9. The molecule has 3 heterocycles. The average Bonchev–Trinajstić information content (AvgIpc) is 3.50. The largest absolute Gasteiger partial charge is 0.504 e. The minimum Gasteiger partial charge on any atom is -0.504 e. The standard InChI is InChI=1S/C36H31N4S.Pt/c1-36(2,3)26-19-25(20-27(21-26)39-24-38(4)32-13-7-8-14-33(32)39)23-41-28-16-17-30-29-11-5-6-12-31(29)40(34(30)22-28)35-15-9-10-18-37-35;/h5-19,21,24H,23H2,1-4H3;/q-3;. The summed E-state index contributed by atoms with van der Waals surface area (Å²) in [6.45, 7) is 8.97. The smallest absolute Gasteiger partial charge is 0.135 e. The van der Waals surface area contributed by atoms with Crippen LogP contribution in [0.15, 0.2) is 102 Å². The molecule has 214 valence electrons. The van der Waals surface area contributed by atoms with Crippen molar-refractivity contribution >= 4 is 50.6 Å². The summed E-state index contributed by atoms with van der Waals surface area (Å²) in [5.74, 6) is 1.70. The van der Waals surface area contributed by atoms with Crippen molar-refractivity contribution in [3.8, 4) is 5.82 Å². The molecule has 0 amide bonds. The molecular formula is C36H31N4PtS-3. The summed E-state index contributed by atoms with van der Waals surface area (Å²) < 4.78 is 2.22. The van der Waals surface area contributed by atoms with E-state index in [1.807, 2.05) is 18.3 Å². The maximum atomic E-state index is 4.67. The summed E-state index contributed by atoms with van der Waals surface area (Å²) in [4.78, 5) is 10.2. The minimum atomic E-state index is 0. The van der Waals surface area contributed by atoms with E-state index in [4.69, 9.17) is 0 Å². The molecule has 0 N–H and O–H groups in total. The fourth-order valence-electron chi connectivity index (χ4n) is 5.55. The molecule has 0 spiro atoms. The van der Waals surface area contributed by atoms with Crippen LogP contribution in [0.4, 0.5) is 17.1 Å². The van der Waals surface area contributed by atoms with Crippen molar-refractivity contribution in [1.82, 2.24) is 9.55 Å². The maximum absolute atomic E-state index is 4.67. The quantitative estimate of drug-likeness (QED) is 0.130. The second-order valence-corrected chi connectivity index (χ2v) is 12.5. The van der Waals surface area contributed by atoms with E-state index in [1.54, 1.807) is 11.8 Å². The van der Waals surface area contributed by atoms with Crippen molar-refractivity contribution in [2.24, 2.45) is 0 Å². The topological polar surface area (TPSA) is 24.3 Å². The Hall–Kier alpha value is -3.53. The van der Waals surface area contributed by atoms with E-state index in [0.29, 0.717) is 0 Å². The van der Waals surface area contributed by atoms with E-state index >= 15 is 0 Å². The zero-order chi connectivity index (χ0) is 28.1. The second kappa shape index (κ2) is 11.3. The van der Waals surface area contributed by atoms with E-state index in [1.165, 1.54) is 33.3 Å². The van der Waals surface area contributed by atoms with Gasteiger partial charge >= 0.3 is 0 Å². The Morgan fingerprint density at radius 1 is 0.833 bits per heavy atom. The Kier molecular flexibility index (Phi) is 7.68. The molecule has 0 aliphatic carbocycles. The van der Waals surface area contributed by atoms with Gasteiger partial charge in [-0.05, 0) is 53.9 Å². The van der Waals surface area contributed by atoms with Crippen molar-refractivity contribution in [2.45, 2.75) is 36.8 Å². The summed E-state index contributed by atoms with van der Waals surface area (Å²) in [5, 5.41) is 2.40. The molecular weight excluding hydrogens is 716 g/mol. The van der Waals surface area contributed by atoms with E-state index < -0.39 is 0 Å². The van der Waals surface area contributed by atoms with Gasteiger partial charge in [0.15, 0.2) is 0 Å². The fourth-order valence-corrected chi connectivity index (χ4v) is 6.35. The molecule has 4 nitrogen and oxygen atoms in total. The van der Waals surface area contributed by atoms with E-state index in [-0.39, 0.29) is 26.5 Å². The molecule has 6 heteroatoms. The first kappa shape index (κ1) is 28.6. The van der Waals surface area contributed by atoms with Crippen LogP contribution in [-0.2, 0) is 32.2 Å².